The molecule has 6 heteroatoms. The topological polar surface area (TPSA) is 46.6 Å². The summed E-state index contributed by atoms with van der Waals surface area (Å²) in [7, 11) is 0. The molecule has 1 aliphatic rings. The number of anilines is 2. The summed E-state index contributed by atoms with van der Waals surface area (Å²) in [6.07, 6.45) is 0.198. The molecule has 0 spiro atoms. The third kappa shape index (κ3) is 4.58. The normalized spacial score (nSPS) is 12.0. The van der Waals surface area contributed by atoms with E-state index >= 15 is 0 Å². The van der Waals surface area contributed by atoms with Gasteiger partial charge in [0.1, 0.15) is 11.6 Å². The Morgan fingerprint density at radius 1 is 0.735 bits per heavy atom. The average molecular weight is 470 g/mol. The highest BCUT2D eigenvalue weighted by molar-refractivity contribution is 7.99. The van der Waals surface area contributed by atoms with E-state index in [1.54, 1.807) is 36.0 Å². The van der Waals surface area contributed by atoms with Gasteiger partial charge >= 0.3 is 5.97 Å². The van der Waals surface area contributed by atoms with Gasteiger partial charge in [-0.05, 0) is 72.8 Å². The zero-order chi connectivity index (χ0) is 23.5. The van der Waals surface area contributed by atoms with Crippen LogP contribution in [-0.2, 0) is 4.79 Å². The van der Waals surface area contributed by atoms with Gasteiger partial charge in [0.05, 0.1) is 17.8 Å². The summed E-state index contributed by atoms with van der Waals surface area (Å²) in [5, 5.41) is 0. The third-order valence-electron chi connectivity index (χ3n) is 5.53. The fourth-order valence-electron chi connectivity index (χ4n) is 3.85. The highest BCUT2D eigenvalue weighted by Crippen LogP contribution is 2.47. The fourth-order valence-corrected chi connectivity index (χ4v) is 4.95. The summed E-state index contributed by atoms with van der Waals surface area (Å²) in [6.45, 7) is 0.481. The van der Waals surface area contributed by atoms with Crippen LogP contribution in [0.4, 0.5) is 15.8 Å². The second-order valence-electron chi connectivity index (χ2n) is 7.77. The van der Waals surface area contributed by atoms with Gasteiger partial charge in [-0.25, -0.2) is 4.39 Å². The van der Waals surface area contributed by atoms with Crippen molar-refractivity contribution in [1.82, 2.24) is 0 Å². The Kier molecular flexibility index (Phi) is 6.14. The lowest BCUT2D eigenvalue weighted by molar-refractivity contribution is -0.134. The first-order chi connectivity index (χ1) is 16.6. The van der Waals surface area contributed by atoms with E-state index in [1.165, 1.54) is 24.3 Å². The van der Waals surface area contributed by atoms with Gasteiger partial charge < -0.3 is 9.64 Å². The van der Waals surface area contributed by atoms with Crippen LogP contribution in [0.25, 0.3) is 0 Å². The predicted octanol–water partition coefficient (Wildman–Crippen LogP) is 6.66. The first-order valence-electron chi connectivity index (χ1n) is 10.8. The molecule has 0 unspecified atom stereocenters. The predicted molar refractivity (Wildman–Crippen MR) is 131 cm³/mol. The molecule has 0 saturated carbocycles. The van der Waals surface area contributed by atoms with Crippen LogP contribution in [0, 0.1) is 5.82 Å². The van der Waals surface area contributed by atoms with Gasteiger partial charge in [0.15, 0.2) is 5.78 Å². The molecule has 0 saturated heterocycles. The number of esters is 1. The highest BCUT2D eigenvalue weighted by Gasteiger charge is 2.23. The minimum absolute atomic E-state index is 0.198. The number of nitrogens with zero attached hydrogens (tertiary/aromatic N) is 1. The van der Waals surface area contributed by atoms with Crippen molar-refractivity contribution < 1.29 is 18.7 Å². The van der Waals surface area contributed by atoms with Crippen molar-refractivity contribution >= 4 is 34.9 Å². The van der Waals surface area contributed by atoms with Gasteiger partial charge in [-0.15, -0.1) is 0 Å². The van der Waals surface area contributed by atoms with Gasteiger partial charge in [-0.2, -0.15) is 0 Å². The number of carbonyl (C=O) groups excluding carboxylic acids is 2. The second-order valence-corrected chi connectivity index (χ2v) is 8.86. The molecule has 0 fully saturated rings. The van der Waals surface area contributed by atoms with Gasteiger partial charge in [-0.3, -0.25) is 9.59 Å². The highest BCUT2D eigenvalue weighted by atomic mass is 32.2. The Labute approximate surface area is 201 Å². The Bertz CT molecular complexity index is 1310. The monoisotopic (exact) mass is 469 g/mol. The van der Waals surface area contributed by atoms with E-state index in [0.29, 0.717) is 23.4 Å². The van der Waals surface area contributed by atoms with Crippen LogP contribution in [0.15, 0.2) is 107 Å². The Balaban J connectivity index is 1.24. The lowest BCUT2D eigenvalue weighted by Crippen LogP contribution is -2.25. The quantitative estimate of drug-likeness (QED) is 0.180. The number of carbonyl (C=O) groups is 2. The fraction of sp³-hybridized carbons (Fsp3) is 0.0714. The molecular formula is C28H20FNO3S. The first-order valence-corrected chi connectivity index (χ1v) is 11.6. The summed E-state index contributed by atoms with van der Waals surface area (Å²) in [4.78, 5) is 29.6. The van der Waals surface area contributed by atoms with Crippen molar-refractivity contribution in [2.45, 2.75) is 16.2 Å². The molecule has 4 aromatic carbocycles. The minimum Gasteiger partial charge on any atom is -0.426 e. The smallest absolute Gasteiger partial charge is 0.312 e. The Morgan fingerprint density at radius 3 is 1.85 bits per heavy atom. The summed E-state index contributed by atoms with van der Waals surface area (Å²) in [5.74, 6) is -0.603. The van der Waals surface area contributed by atoms with E-state index < -0.39 is 5.82 Å². The number of hydrogen-bond donors (Lipinski definition) is 0. The van der Waals surface area contributed by atoms with Crippen LogP contribution in [0.1, 0.15) is 22.3 Å². The van der Waals surface area contributed by atoms with E-state index in [0.717, 1.165) is 21.2 Å². The number of ether oxygens (including phenoxy) is 1. The van der Waals surface area contributed by atoms with Gasteiger partial charge in [0.25, 0.3) is 0 Å². The number of rotatable bonds is 6. The lowest BCUT2D eigenvalue weighted by Gasteiger charge is -2.32. The van der Waals surface area contributed by atoms with Crippen molar-refractivity contribution in [3.8, 4) is 5.75 Å². The molecule has 34 heavy (non-hydrogen) atoms. The Morgan fingerprint density at radius 2 is 1.26 bits per heavy atom. The molecule has 0 aliphatic carbocycles. The van der Waals surface area contributed by atoms with Crippen LogP contribution < -0.4 is 9.64 Å². The molecule has 1 aliphatic heterocycles. The van der Waals surface area contributed by atoms with E-state index in [9.17, 15) is 14.0 Å². The van der Waals surface area contributed by atoms with E-state index in [-0.39, 0.29) is 18.2 Å². The third-order valence-corrected chi connectivity index (χ3v) is 6.66. The molecule has 0 bridgehead atoms. The number of fused-ring (bicyclic) bond motifs is 2. The van der Waals surface area contributed by atoms with Crippen LogP contribution in [0.2, 0.25) is 0 Å². The standard InChI is InChI=1S/C28H20FNO3S/c29-21-13-9-19(10-14-21)28(32)20-11-15-22(16-12-20)33-27(31)17-18-30-23-5-1-3-7-25(23)34-26-8-4-2-6-24(26)30/h1-16H,17-18H2. The van der Waals surface area contributed by atoms with E-state index in [4.69, 9.17) is 4.74 Å². The van der Waals surface area contributed by atoms with Crippen molar-refractivity contribution in [2.75, 3.05) is 11.4 Å². The summed E-state index contributed by atoms with van der Waals surface area (Å²) in [6, 6.07) is 28.1. The maximum atomic E-state index is 13.1. The van der Waals surface area contributed by atoms with Gasteiger partial charge in [-0.1, -0.05) is 36.0 Å². The number of benzene rings is 4. The first kappa shape index (κ1) is 21.9. The van der Waals surface area contributed by atoms with Crippen molar-refractivity contribution in [3.63, 3.8) is 0 Å². The maximum Gasteiger partial charge on any atom is 0.312 e. The van der Waals surface area contributed by atoms with Crippen molar-refractivity contribution in [2.24, 2.45) is 0 Å². The van der Waals surface area contributed by atoms with Crippen molar-refractivity contribution in [3.05, 3.63) is 114 Å². The molecular weight excluding hydrogens is 449 g/mol. The van der Waals surface area contributed by atoms with Crippen LogP contribution in [0.5, 0.6) is 5.75 Å². The summed E-state index contributed by atoms with van der Waals surface area (Å²) >= 11 is 1.72. The van der Waals surface area contributed by atoms with Gasteiger partial charge in [0, 0.05) is 27.5 Å². The molecule has 4 nitrogen and oxygen atoms in total. The average Bonchev–Trinajstić information content (AvgIpc) is 2.87. The maximum absolute atomic E-state index is 13.1. The number of halogens is 1. The van der Waals surface area contributed by atoms with Crippen LogP contribution in [0.3, 0.4) is 0 Å². The molecule has 0 radical (unpaired) electrons. The second kappa shape index (κ2) is 9.53. The number of para-hydroxylation sites is 2. The van der Waals surface area contributed by atoms with Gasteiger partial charge in [0.2, 0.25) is 0 Å². The SMILES string of the molecule is O=C(CCN1c2ccccc2Sc2ccccc21)Oc1ccc(C(=O)c2ccc(F)cc2)cc1. The molecule has 5 rings (SSSR count). The molecule has 0 amide bonds. The Hall–Kier alpha value is -3.90. The number of hydrogen-bond acceptors (Lipinski definition) is 5. The zero-order valence-electron chi connectivity index (χ0n) is 18.1. The molecule has 4 aromatic rings. The molecule has 168 valence electrons. The molecule has 0 N–H and O–H groups in total. The van der Waals surface area contributed by atoms with Crippen molar-refractivity contribution in [1.29, 1.82) is 0 Å². The zero-order valence-corrected chi connectivity index (χ0v) is 18.9. The molecule has 1 heterocycles. The van der Waals surface area contributed by atoms with E-state index in [2.05, 4.69) is 29.2 Å². The molecule has 0 aromatic heterocycles. The van der Waals surface area contributed by atoms with Crippen LogP contribution >= 0.6 is 11.8 Å². The summed E-state index contributed by atoms with van der Waals surface area (Å²) in [5.41, 5.74) is 2.97. The van der Waals surface area contributed by atoms with Crippen LogP contribution in [-0.4, -0.2) is 18.3 Å². The molecule has 0 atom stereocenters. The van der Waals surface area contributed by atoms with E-state index in [1.807, 2.05) is 24.3 Å². The summed E-state index contributed by atoms with van der Waals surface area (Å²) < 4.78 is 18.6. The minimum atomic E-state index is -0.394. The largest absolute Gasteiger partial charge is 0.426 e. The number of ketones is 1. The lowest BCUT2D eigenvalue weighted by atomic mass is 10.0.